The first-order valence-electron chi connectivity index (χ1n) is 11.8. The smallest absolute Gasteiger partial charge is 0.259 e. The molecule has 0 unspecified atom stereocenters. The normalized spacial score (nSPS) is 20.5. The van der Waals surface area contributed by atoms with Gasteiger partial charge in [0.25, 0.3) is 5.91 Å². The maximum absolute atomic E-state index is 14.1. The minimum atomic E-state index is -1.11. The van der Waals surface area contributed by atoms with Crippen LogP contribution < -0.4 is 9.64 Å². The van der Waals surface area contributed by atoms with Gasteiger partial charge in [0, 0.05) is 30.6 Å². The molecule has 3 aromatic carbocycles. The number of carbonyl (C=O) groups excluding carboxylic acids is 1. The molecule has 2 aliphatic heterocycles. The molecule has 3 aromatic rings. The van der Waals surface area contributed by atoms with E-state index >= 15 is 0 Å². The van der Waals surface area contributed by atoms with Crippen molar-refractivity contribution in [2.75, 3.05) is 18.1 Å². The molecule has 6 nitrogen and oxygen atoms in total. The summed E-state index contributed by atoms with van der Waals surface area (Å²) in [7, 11) is 0. The zero-order chi connectivity index (χ0) is 24.3. The number of fused-ring (bicyclic) bond motifs is 3. The molecule has 178 valence electrons. The standard InChI is InChI=1S/C29H28N2O4/c1-2-17-29-26(35-27(30-29)22-13-15-23(16-14-22)34-19-8-18-32)24-11-6-7-12-25(24)31(28(29)33)20-21-9-4-3-5-10-21/h2-7,9-16,26,32H,1,8,17-20H2/t26-,29-/m1/s1. The second-order valence-corrected chi connectivity index (χ2v) is 8.72. The number of rotatable bonds is 9. The highest BCUT2D eigenvalue weighted by molar-refractivity contribution is 6.09. The van der Waals surface area contributed by atoms with E-state index in [9.17, 15) is 4.79 Å². The molecule has 0 bridgehead atoms. The molecule has 35 heavy (non-hydrogen) atoms. The highest BCUT2D eigenvalue weighted by Crippen LogP contribution is 2.50. The third-order valence-electron chi connectivity index (χ3n) is 6.40. The Kier molecular flexibility index (Phi) is 6.38. The maximum Gasteiger partial charge on any atom is 0.259 e. The van der Waals surface area contributed by atoms with Crippen LogP contribution in [0.4, 0.5) is 5.69 Å². The fourth-order valence-corrected chi connectivity index (χ4v) is 4.72. The van der Waals surface area contributed by atoms with Crippen molar-refractivity contribution in [2.24, 2.45) is 4.99 Å². The minimum absolute atomic E-state index is 0.0896. The molecule has 0 spiro atoms. The van der Waals surface area contributed by atoms with Crippen molar-refractivity contribution in [3.63, 3.8) is 0 Å². The zero-order valence-electron chi connectivity index (χ0n) is 19.5. The molecule has 1 amide bonds. The molecule has 6 heteroatoms. The number of nitrogens with zero attached hydrogens (tertiary/aromatic N) is 2. The highest BCUT2D eigenvalue weighted by Gasteiger charge is 2.58. The predicted molar refractivity (Wildman–Crippen MR) is 136 cm³/mol. The summed E-state index contributed by atoms with van der Waals surface area (Å²) in [5.74, 6) is 1.04. The van der Waals surface area contributed by atoms with Gasteiger partial charge < -0.3 is 19.5 Å². The van der Waals surface area contributed by atoms with Gasteiger partial charge in [-0.1, -0.05) is 54.6 Å². The van der Waals surface area contributed by atoms with E-state index in [1.165, 1.54) is 0 Å². The average Bonchev–Trinajstić information content (AvgIpc) is 3.29. The molecule has 5 rings (SSSR count). The van der Waals surface area contributed by atoms with Crippen molar-refractivity contribution in [3.05, 3.63) is 108 Å². The van der Waals surface area contributed by atoms with Gasteiger partial charge in [-0.25, -0.2) is 4.99 Å². The van der Waals surface area contributed by atoms with E-state index < -0.39 is 11.6 Å². The maximum atomic E-state index is 14.1. The number of hydrogen-bond acceptors (Lipinski definition) is 5. The van der Waals surface area contributed by atoms with Crippen LogP contribution in [0.25, 0.3) is 0 Å². The first kappa shape index (κ1) is 22.9. The largest absolute Gasteiger partial charge is 0.494 e. The van der Waals surface area contributed by atoms with E-state index in [1.54, 1.807) is 6.08 Å². The topological polar surface area (TPSA) is 71.4 Å². The molecule has 0 aliphatic carbocycles. The van der Waals surface area contributed by atoms with Crippen molar-refractivity contribution in [3.8, 4) is 5.75 Å². The molecule has 0 radical (unpaired) electrons. The fourth-order valence-electron chi connectivity index (χ4n) is 4.72. The lowest BCUT2D eigenvalue weighted by Crippen LogP contribution is -2.53. The number of benzene rings is 3. The number of aliphatic hydroxyl groups is 1. The quantitative estimate of drug-likeness (QED) is 0.361. The summed E-state index contributed by atoms with van der Waals surface area (Å²) in [6, 6.07) is 25.3. The van der Waals surface area contributed by atoms with Crippen LogP contribution in [0.1, 0.15) is 35.6 Å². The average molecular weight is 469 g/mol. The number of carbonyl (C=O) groups is 1. The van der Waals surface area contributed by atoms with Gasteiger partial charge in [-0.2, -0.15) is 0 Å². The molecule has 1 N–H and O–H groups in total. The Hall–Kier alpha value is -3.90. The Balaban J connectivity index is 1.52. The first-order chi connectivity index (χ1) is 17.2. The molecule has 0 fully saturated rings. The molecule has 2 atom stereocenters. The number of anilines is 1. The Morgan fingerprint density at radius 1 is 1.06 bits per heavy atom. The van der Waals surface area contributed by atoms with Crippen molar-refractivity contribution >= 4 is 17.5 Å². The van der Waals surface area contributed by atoms with Crippen molar-refractivity contribution < 1.29 is 19.4 Å². The zero-order valence-corrected chi connectivity index (χ0v) is 19.5. The van der Waals surface area contributed by atoms with Crippen LogP contribution in [-0.2, 0) is 16.1 Å². The van der Waals surface area contributed by atoms with Gasteiger partial charge in [-0.3, -0.25) is 4.79 Å². The summed E-state index contributed by atoms with van der Waals surface area (Å²) < 4.78 is 12.1. The number of aliphatic hydroxyl groups excluding tert-OH is 1. The summed E-state index contributed by atoms with van der Waals surface area (Å²) >= 11 is 0. The van der Waals surface area contributed by atoms with E-state index in [-0.39, 0.29) is 12.5 Å². The Bertz CT molecular complexity index is 1240. The van der Waals surface area contributed by atoms with E-state index in [0.717, 1.165) is 22.4 Å². The van der Waals surface area contributed by atoms with Crippen LogP contribution >= 0.6 is 0 Å². The van der Waals surface area contributed by atoms with Crippen LogP contribution in [-0.4, -0.2) is 35.7 Å². The molecule has 0 saturated heterocycles. The summed E-state index contributed by atoms with van der Waals surface area (Å²) in [6.45, 7) is 4.91. The SMILES string of the molecule is C=CC[C@@]12N=C(c3ccc(OCCCO)cc3)O[C@@H]1c1ccccc1N(Cc1ccccc1)C2=O. The number of amides is 1. The first-order valence-corrected chi connectivity index (χ1v) is 11.8. The monoisotopic (exact) mass is 468 g/mol. The van der Waals surface area contributed by atoms with Crippen LogP contribution in [0, 0.1) is 0 Å². The number of para-hydroxylation sites is 1. The fraction of sp³-hybridized carbons (Fsp3) is 0.241. The minimum Gasteiger partial charge on any atom is -0.494 e. The van der Waals surface area contributed by atoms with E-state index in [2.05, 4.69) is 6.58 Å². The molecule has 0 saturated carbocycles. The van der Waals surface area contributed by atoms with Gasteiger partial charge in [-0.05, 0) is 35.9 Å². The van der Waals surface area contributed by atoms with Gasteiger partial charge in [0.2, 0.25) is 5.90 Å². The molecular formula is C29H28N2O4. The van der Waals surface area contributed by atoms with Gasteiger partial charge in [-0.15, -0.1) is 6.58 Å². The van der Waals surface area contributed by atoms with Gasteiger partial charge >= 0.3 is 0 Å². The third-order valence-corrected chi connectivity index (χ3v) is 6.40. The molecular weight excluding hydrogens is 440 g/mol. The number of ether oxygens (including phenoxy) is 2. The Morgan fingerprint density at radius 2 is 1.80 bits per heavy atom. The third kappa shape index (κ3) is 4.21. The van der Waals surface area contributed by atoms with Gasteiger partial charge in [0.05, 0.1) is 18.8 Å². The van der Waals surface area contributed by atoms with Crippen molar-refractivity contribution in [2.45, 2.75) is 31.0 Å². The van der Waals surface area contributed by atoms with Crippen LogP contribution in [0.2, 0.25) is 0 Å². The Morgan fingerprint density at radius 3 is 2.54 bits per heavy atom. The second kappa shape index (κ2) is 9.76. The van der Waals surface area contributed by atoms with E-state index in [0.29, 0.717) is 37.6 Å². The van der Waals surface area contributed by atoms with Gasteiger partial charge in [0.1, 0.15) is 5.75 Å². The summed E-state index contributed by atoms with van der Waals surface area (Å²) in [4.78, 5) is 20.9. The Labute approximate surface area is 205 Å². The van der Waals surface area contributed by atoms with Crippen molar-refractivity contribution in [1.82, 2.24) is 0 Å². The predicted octanol–water partition coefficient (Wildman–Crippen LogP) is 4.83. The summed E-state index contributed by atoms with van der Waals surface area (Å²) in [6.07, 6.45) is 2.14. The number of hydrogen-bond donors (Lipinski definition) is 1. The van der Waals surface area contributed by atoms with Crippen LogP contribution in [0.3, 0.4) is 0 Å². The lowest BCUT2D eigenvalue weighted by atomic mass is 9.80. The van der Waals surface area contributed by atoms with Crippen LogP contribution in [0.15, 0.2) is 96.5 Å². The lowest BCUT2D eigenvalue weighted by Gasteiger charge is -2.41. The molecule has 2 aliphatic rings. The van der Waals surface area contributed by atoms with Gasteiger partial charge in [0.15, 0.2) is 11.6 Å². The van der Waals surface area contributed by atoms with Crippen LogP contribution in [0.5, 0.6) is 5.75 Å². The second-order valence-electron chi connectivity index (χ2n) is 8.72. The molecule has 2 heterocycles. The number of aliphatic imine (C=N–C) groups is 1. The van der Waals surface area contributed by atoms with E-state index in [1.807, 2.05) is 83.8 Å². The summed E-state index contributed by atoms with van der Waals surface area (Å²) in [5, 5.41) is 8.94. The van der Waals surface area contributed by atoms with Crippen molar-refractivity contribution in [1.29, 1.82) is 0 Å². The summed E-state index contributed by atoms with van der Waals surface area (Å²) in [5.41, 5.74) is 2.49. The highest BCUT2D eigenvalue weighted by atomic mass is 16.5. The van der Waals surface area contributed by atoms with E-state index in [4.69, 9.17) is 19.6 Å². The lowest BCUT2D eigenvalue weighted by molar-refractivity contribution is -0.127. The molecule has 0 aromatic heterocycles.